The maximum absolute atomic E-state index is 3.04. The zero-order valence-electron chi connectivity index (χ0n) is 3.35. The molecule has 0 bridgehead atoms. The second kappa shape index (κ2) is 2.08. The quantitative estimate of drug-likeness (QED) is 0.442. The Hall–Kier alpha value is -0.170. The Bertz CT molecular complexity index is 69.9. The molecule has 0 aromatic heterocycles. The predicted octanol–water partition coefficient (Wildman–Crippen LogP) is 1.61. The molecule has 1 aliphatic heterocycles. The van der Waals surface area contributed by atoms with Crippen molar-refractivity contribution in [2.24, 2.45) is 0 Å². The zero-order valence-corrected chi connectivity index (χ0v) is 4.16. The van der Waals surface area contributed by atoms with E-state index < -0.39 is 0 Å². The third-order valence-electron chi connectivity index (χ3n) is 0.556. The summed E-state index contributed by atoms with van der Waals surface area (Å²) in [6, 6.07) is 0. The summed E-state index contributed by atoms with van der Waals surface area (Å²) < 4.78 is 0. The lowest BCUT2D eigenvalue weighted by molar-refractivity contribution is 1.66. The summed E-state index contributed by atoms with van der Waals surface area (Å²) in [6.45, 7) is 0. The Morgan fingerprint density at radius 1 is 1.67 bits per heavy atom. The highest BCUT2D eigenvalue weighted by Crippen LogP contribution is 2.05. The average molecular weight is 97.2 g/mol. The first-order valence-electron chi connectivity index (χ1n) is 1.83. The fraction of sp³-hybridized carbons (Fsp3) is 0.200. The van der Waals surface area contributed by atoms with E-state index in [2.05, 4.69) is 11.5 Å². The van der Waals surface area contributed by atoms with Gasteiger partial charge in [0.1, 0.15) is 0 Å². The molecule has 1 heteroatoms. The highest BCUT2D eigenvalue weighted by atomic mass is 32.2. The molecular formula is C5H5S. The third-order valence-corrected chi connectivity index (χ3v) is 1.24. The number of thioether (sulfide) groups is 1. The molecule has 0 nitrogen and oxygen atoms in total. The fourth-order valence-corrected chi connectivity index (χ4v) is 0.786. The molecule has 0 aliphatic carbocycles. The van der Waals surface area contributed by atoms with Gasteiger partial charge in [0.05, 0.1) is 0 Å². The van der Waals surface area contributed by atoms with Crippen molar-refractivity contribution in [3.63, 3.8) is 0 Å². The summed E-state index contributed by atoms with van der Waals surface area (Å²) >= 11 is 1.77. The van der Waals surface area contributed by atoms with Crippen molar-refractivity contribution < 1.29 is 0 Å². The van der Waals surface area contributed by atoms with Crippen LogP contribution >= 0.6 is 11.8 Å². The van der Waals surface area contributed by atoms with Gasteiger partial charge in [-0.25, -0.2) is 0 Å². The van der Waals surface area contributed by atoms with E-state index in [4.69, 9.17) is 0 Å². The normalized spacial score (nSPS) is 18.7. The Labute approximate surface area is 41.9 Å². The van der Waals surface area contributed by atoms with Gasteiger partial charge in [0.2, 0.25) is 0 Å². The molecule has 0 unspecified atom stereocenters. The smallest absolute Gasteiger partial charge is 0.0229 e. The molecule has 1 aliphatic rings. The van der Waals surface area contributed by atoms with Crippen molar-refractivity contribution in [1.29, 1.82) is 0 Å². The van der Waals surface area contributed by atoms with E-state index in [0.29, 0.717) is 0 Å². The molecule has 0 saturated heterocycles. The minimum atomic E-state index is 1.02. The van der Waals surface area contributed by atoms with Crippen LogP contribution in [0.25, 0.3) is 0 Å². The molecule has 6 heavy (non-hydrogen) atoms. The Balaban J connectivity index is 2.46. The van der Waals surface area contributed by atoms with Gasteiger partial charge in [-0.1, -0.05) is 12.2 Å². The Morgan fingerprint density at radius 2 is 2.67 bits per heavy atom. The molecule has 0 atom stereocenters. The van der Waals surface area contributed by atoms with Gasteiger partial charge in [0, 0.05) is 5.75 Å². The van der Waals surface area contributed by atoms with Gasteiger partial charge in [-0.2, -0.15) is 0 Å². The van der Waals surface area contributed by atoms with E-state index in [9.17, 15) is 0 Å². The van der Waals surface area contributed by atoms with Crippen molar-refractivity contribution in [3.8, 4) is 0 Å². The lowest BCUT2D eigenvalue weighted by Gasteiger charge is -1.87. The summed E-state index contributed by atoms with van der Waals surface area (Å²) in [5.74, 6) is 1.02. The lowest BCUT2D eigenvalue weighted by Crippen LogP contribution is -1.69. The number of hydrogen-bond donors (Lipinski definition) is 0. The standard InChI is InChI=1S/C5H5S/c1-2-4-6-5-3-1/h1-2,4H,5H2. The molecule has 31 valence electrons. The average Bonchev–Trinajstić information content (AvgIpc) is 1.72. The highest BCUT2D eigenvalue weighted by molar-refractivity contribution is 8.02. The van der Waals surface area contributed by atoms with E-state index in [1.54, 1.807) is 11.8 Å². The fourth-order valence-electron chi connectivity index (χ4n) is 0.307. The minimum absolute atomic E-state index is 1.02. The summed E-state index contributed by atoms with van der Waals surface area (Å²) in [7, 11) is 0. The third kappa shape index (κ3) is 0.902. The SMILES string of the molecule is [C]1=CC=CSC1. The number of hydrogen-bond acceptors (Lipinski definition) is 1. The first-order chi connectivity index (χ1) is 3.00. The van der Waals surface area contributed by atoms with Crippen molar-refractivity contribution >= 4 is 11.8 Å². The summed E-state index contributed by atoms with van der Waals surface area (Å²) in [5.41, 5.74) is 0. The van der Waals surface area contributed by atoms with Crippen molar-refractivity contribution in [2.45, 2.75) is 0 Å². The summed E-state index contributed by atoms with van der Waals surface area (Å²) in [6.07, 6.45) is 6.97. The van der Waals surface area contributed by atoms with Gasteiger partial charge >= 0.3 is 0 Å². The second-order valence-corrected chi connectivity index (χ2v) is 1.90. The summed E-state index contributed by atoms with van der Waals surface area (Å²) in [5, 5.41) is 2.07. The van der Waals surface area contributed by atoms with E-state index >= 15 is 0 Å². The molecule has 1 rings (SSSR count). The van der Waals surface area contributed by atoms with Gasteiger partial charge in [-0.15, -0.1) is 11.8 Å². The molecular weight excluding hydrogens is 92.1 g/mol. The first-order valence-corrected chi connectivity index (χ1v) is 2.88. The van der Waals surface area contributed by atoms with Gasteiger partial charge < -0.3 is 0 Å². The molecule has 1 radical (unpaired) electrons. The Kier molecular flexibility index (Phi) is 1.39. The minimum Gasteiger partial charge on any atom is -0.129 e. The predicted molar refractivity (Wildman–Crippen MR) is 29.4 cm³/mol. The molecule has 0 fully saturated rings. The van der Waals surface area contributed by atoms with Crippen molar-refractivity contribution in [3.05, 3.63) is 23.6 Å². The Morgan fingerprint density at radius 3 is 2.83 bits per heavy atom. The van der Waals surface area contributed by atoms with Crippen LogP contribution < -0.4 is 0 Å². The van der Waals surface area contributed by atoms with Crippen LogP contribution in [0.15, 0.2) is 17.6 Å². The van der Waals surface area contributed by atoms with Crippen LogP contribution in [0.5, 0.6) is 0 Å². The van der Waals surface area contributed by atoms with Crippen LogP contribution in [0, 0.1) is 6.08 Å². The van der Waals surface area contributed by atoms with Crippen LogP contribution in [0.1, 0.15) is 0 Å². The maximum Gasteiger partial charge on any atom is 0.0229 e. The van der Waals surface area contributed by atoms with E-state index in [1.165, 1.54) is 0 Å². The lowest BCUT2D eigenvalue weighted by atomic mass is 10.5. The molecule has 0 aromatic rings. The second-order valence-electron chi connectivity index (χ2n) is 1.01. The van der Waals surface area contributed by atoms with Gasteiger partial charge in [0.15, 0.2) is 0 Å². The van der Waals surface area contributed by atoms with Crippen LogP contribution in [0.4, 0.5) is 0 Å². The van der Waals surface area contributed by atoms with Crippen LogP contribution in [0.2, 0.25) is 0 Å². The van der Waals surface area contributed by atoms with E-state index in [0.717, 1.165) is 5.75 Å². The van der Waals surface area contributed by atoms with Crippen LogP contribution in [-0.2, 0) is 0 Å². The zero-order chi connectivity index (χ0) is 4.24. The summed E-state index contributed by atoms with van der Waals surface area (Å²) in [4.78, 5) is 0. The molecule has 1 heterocycles. The number of rotatable bonds is 0. The monoisotopic (exact) mass is 97.0 g/mol. The highest BCUT2D eigenvalue weighted by Gasteiger charge is 1.78. The van der Waals surface area contributed by atoms with E-state index in [-0.39, 0.29) is 0 Å². The van der Waals surface area contributed by atoms with Gasteiger partial charge in [0.25, 0.3) is 0 Å². The first kappa shape index (κ1) is 4.00. The molecule has 0 saturated carbocycles. The maximum atomic E-state index is 3.04. The molecule has 0 N–H and O–H groups in total. The van der Waals surface area contributed by atoms with Gasteiger partial charge in [-0.3, -0.25) is 0 Å². The van der Waals surface area contributed by atoms with E-state index in [1.807, 2.05) is 12.2 Å². The molecule has 0 amide bonds. The topological polar surface area (TPSA) is 0 Å². The number of allylic oxidation sites excluding steroid dienone is 2. The van der Waals surface area contributed by atoms with Crippen molar-refractivity contribution in [2.75, 3.05) is 5.75 Å². The van der Waals surface area contributed by atoms with Crippen LogP contribution in [-0.4, -0.2) is 5.75 Å². The van der Waals surface area contributed by atoms with Crippen molar-refractivity contribution in [1.82, 2.24) is 0 Å². The van der Waals surface area contributed by atoms with Gasteiger partial charge in [-0.05, 0) is 11.5 Å². The molecule has 0 spiro atoms. The largest absolute Gasteiger partial charge is 0.129 e. The molecule has 0 aromatic carbocycles. The van der Waals surface area contributed by atoms with Crippen LogP contribution in [0.3, 0.4) is 0 Å².